The minimum atomic E-state index is 1.20. The van der Waals surface area contributed by atoms with Crippen molar-refractivity contribution in [3.63, 3.8) is 0 Å². The molecule has 0 atom stereocenters. The van der Waals surface area contributed by atoms with E-state index < -0.39 is 0 Å². The van der Waals surface area contributed by atoms with Gasteiger partial charge in [0, 0.05) is 0 Å². The van der Waals surface area contributed by atoms with Crippen LogP contribution >= 0.6 is 0 Å². The molecule has 0 aromatic carbocycles. The third-order valence-electron chi connectivity index (χ3n) is 2.27. The van der Waals surface area contributed by atoms with Crippen LogP contribution in [0, 0.1) is 0 Å². The summed E-state index contributed by atoms with van der Waals surface area (Å²) in [7, 11) is 4.20. The predicted octanol–water partition coefficient (Wildman–Crippen LogP) is 2.43. The van der Waals surface area contributed by atoms with E-state index in [-0.39, 0.29) is 0 Å². The molecule has 70 valence electrons. The van der Waals surface area contributed by atoms with Crippen LogP contribution < -0.4 is 4.90 Å². The molecule has 1 aromatic rings. The Hall–Kier alpha value is -0.785. The van der Waals surface area contributed by atoms with Gasteiger partial charge in [0.1, 0.15) is 0 Å². The Morgan fingerprint density at radius 1 is 1.38 bits per heavy atom. The first-order valence-electron chi connectivity index (χ1n) is 5.01. The van der Waals surface area contributed by atoms with Gasteiger partial charge in [-0.2, -0.15) is 0 Å². The number of hydrogen-bond donors (Lipinski definition) is 0. The Morgan fingerprint density at radius 2 is 2.15 bits per heavy atom. The molecule has 0 fully saturated rings. The number of nitrogens with zero attached hydrogens (tertiary/aromatic N) is 1. The van der Waals surface area contributed by atoms with Crippen LogP contribution in [0.3, 0.4) is 0 Å². The molecule has 0 bridgehead atoms. The summed E-state index contributed by atoms with van der Waals surface area (Å²) in [6.07, 6.45) is 3.75. The molecule has 1 rings (SSSR count). The van der Waals surface area contributed by atoms with E-state index in [0.29, 0.717) is 0 Å². The van der Waals surface area contributed by atoms with Gasteiger partial charge in [-0.05, 0) is 0 Å². The Labute approximate surface area is 82.0 Å². The monoisotopic (exact) mass is 175 g/mol. The fraction of sp³-hybridized carbons (Fsp3) is 0.545. The van der Waals surface area contributed by atoms with E-state index in [1.807, 2.05) is 0 Å². The molecular weight excluding hydrogens is 157 g/mol. The van der Waals surface area contributed by atoms with Gasteiger partial charge in [-0.1, -0.05) is 0 Å². The summed E-state index contributed by atoms with van der Waals surface area (Å²) in [6, 6.07) is 4.29. The standard InChI is InChI=1S/C11H18BN/c1-4-5-7-10-11(13(2)3)8-6-9-12-10/h6,8-9H,4-5,7H2,1-3H3. The summed E-state index contributed by atoms with van der Waals surface area (Å²) < 4.78 is 0. The third-order valence-corrected chi connectivity index (χ3v) is 2.27. The van der Waals surface area contributed by atoms with Crippen LogP contribution in [0.5, 0.6) is 0 Å². The summed E-state index contributed by atoms with van der Waals surface area (Å²) >= 11 is 0. The number of anilines is 1. The van der Waals surface area contributed by atoms with Gasteiger partial charge in [-0.25, -0.2) is 0 Å². The fourth-order valence-electron chi connectivity index (χ4n) is 1.53. The maximum absolute atomic E-state index is 2.23. The maximum atomic E-state index is 2.23. The second-order valence-electron chi connectivity index (χ2n) is 3.63. The zero-order chi connectivity index (χ0) is 9.68. The van der Waals surface area contributed by atoms with Crippen molar-refractivity contribution in [2.24, 2.45) is 0 Å². The van der Waals surface area contributed by atoms with Crippen molar-refractivity contribution in [2.75, 3.05) is 19.0 Å². The molecule has 0 aliphatic heterocycles. The van der Waals surface area contributed by atoms with Crippen LogP contribution in [0.2, 0.25) is 0 Å². The molecule has 0 spiro atoms. The van der Waals surface area contributed by atoms with Gasteiger partial charge in [0.25, 0.3) is 0 Å². The summed E-state index contributed by atoms with van der Waals surface area (Å²) in [6.45, 7) is 4.46. The van der Waals surface area contributed by atoms with Gasteiger partial charge in [0.15, 0.2) is 0 Å². The zero-order valence-corrected chi connectivity index (χ0v) is 8.88. The van der Waals surface area contributed by atoms with E-state index >= 15 is 0 Å². The van der Waals surface area contributed by atoms with Gasteiger partial charge in [0.05, 0.1) is 0 Å². The molecule has 2 heteroatoms. The zero-order valence-electron chi connectivity index (χ0n) is 8.88. The molecule has 0 saturated carbocycles. The Morgan fingerprint density at radius 3 is 2.77 bits per heavy atom. The summed E-state index contributed by atoms with van der Waals surface area (Å²) in [5, 5.41) is 0. The Bertz CT molecular complexity index is 258. The van der Waals surface area contributed by atoms with Gasteiger partial charge < -0.3 is 0 Å². The van der Waals surface area contributed by atoms with Crippen LogP contribution in [0.1, 0.15) is 25.2 Å². The first kappa shape index (κ1) is 10.3. The van der Waals surface area contributed by atoms with Crippen LogP contribution in [0.15, 0.2) is 18.1 Å². The molecule has 0 amide bonds. The van der Waals surface area contributed by atoms with Crippen molar-refractivity contribution in [2.45, 2.75) is 26.2 Å². The first-order chi connectivity index (χ1) is 6.25. The molecule has 0 radical (unpaired) electrons. The van der Waals surface area contributed by atoms with E-state index in [1.165, 1.54) is 30.4 Å². The van der Waals surface area contributed by atoms with Gasteiger partial charge in [-0.3, -0.25) is 0 Å². The second kappa shape index (κ2) is 5.06. The van der Waals surface area contributed by atoms with Crippen LogP contribution in [-0.2, 0) is 6.42 Å². The van der Waals surface area contributed by atoms with Gasteiger partial charge in [-0.15, -0.1) is 0 Å². The number of hydrogen-bond acceptors (Lipinski definition) is 1. The van der Waals surface area contributed by atoms with E-state index in [2.05, 4.69) is 50.9 Å². The molecule has 1 aromatic heterocycles. The van der Waals surface area contributed by atoms with Gasteiger partial charge in [0.2, 0.25) is 0 Å². The fourth-order valence-corrected chi connectivity index (χ4v) is 1.53. The van der Waals surface area contributed by atoms with Crippen molar-refractivity contribution >= 4 is 12.6 Å². The normalized spacial score (nSPS) is 9.77. The summed E-state index contributed by atoms with van der Waals surface area (Å²) in [5.74, 6) is 2.12. The number of aryl methyl sites for hydroxylation is 1. The number of rotatable bonds is 4. The summed E-state index contributed by atoms with van der Waals surface area (Å²) in [5.41, 5.74) is 2.82. The molecular formula is C11H18BN. The van der Waals surface area contributed by atoms with E-state index in [0.717, 1.165) is 0 Å². The van der Waals surface area contributed by atoms with E-state index in [4.69, 9.17) is 0 Å². The molecule has 0 saturated heterocycles. The van der Waals surface area contributed by atoms with Crippen molar-refractivity contribution in [3.05, 3.63) is 23.6 Å². The summed E-state index contributed by atoms with van der Waals surface area (Å²) in [4.78, 5) is 2.19. The molecule has 13 heavy (non-hydrogen) atoms. The quantitative estimate of drug-likeness (QED) is 0.679. The number of unbranched alkanes of at least 4 members (excludes halogenated alkanes) is 1. The minimum absolute atomic E-state index is 1.20. The average molecular weight is 175 g/mol. The SMILES string of the molecule is CCCCc1bcccc1N(C)C. The molecule has 0 aliphatic rings. The van der Waals surface area contributed by atoms with Crippen LogP contribution in [0.25, 0.3) is 0 Å². The van der Waals surface area contributed by atoms with Crippen LogP contribution in [0.4, 0.5) is 5.69 Å². The Balaban J connectivity index is 2.78. The van der Waals surface area contributed by atoms with Crippen molar-refractivity contribution in [3.8, 4) is 0 Å². The topological polar surface area (TPSA) is 3.24 Å². The van der Waals surface area contributed by atoms with Crippen molar-refractivity contribution < 1.29 is 0 Å². The molecule has 1 heterocycles. The molecule has 0 aliphatic carbocycles. The Kier molecular flexibility index (Phi) is 4.00. The molecule has 1 nitrogen and oxygen atoms in total. The van der Waals surface area contributed by atoms with Crippen molar-refractivity contribution in [1.82, 2.24) is 0 Å². The predicted molar refractivity (Wildman–Crippen MR) is 60.7 cm³/mol. The van der Waals surface area contributed by atoms with E-state index in [1.54, 1.807) is 0 Å². The van der Waals surface area contributed by atoms with E-state index in [9.17, 15) is 0 Å². The molecule has 0 unspecified atom stereocenters. The average Bonchev–Trinajstić information content (AvgIpc) is 2.15. The van der Waals surface area contributed by atoms with Crippen molar-refractivity contribution in [1.29, 1.82) is 0 Å². The van der Waals surface area contributed by atoms with Crippen LogP contribution in [-0.4, -0.2) is 21.0 Å². The molecule has 0 N–H and O–H groups in total. The first-order valence-corrected chi connectivity index (χ1v) is 5.01. The second-order valence-corrected chi connectivity index (χ2v) is 3.63. The third kappa shape index (κ3) is 2.87. The van der Waals surface area contributed by atoms with Gasteiger partial charge >= 0.3 is 81.3 Å².